The van der Waals surface area contributed by atoms with E-state index in [4.69, 9.17) is 14.1 Å². The molecule has 0 unspecified atom stereocenters. The summed E-state index contributed by atoms with van der Waals surface area (Å²) in [5.74, 6) is 2.39. The standard InChI is InChI=1S/C26H20FN3O2/c1-18-25(16-19-2-10-23(11-3-19)32-24-12-6-21(27)7-13-24)29-26(31-18)20-4-8-22(9-5-20)30-15-14-28-17-30/h2-15,17H,16H2,1H3. The quantitative estimate of drug-likeness (QED) is 0.318. The number of halogens is 1. The number of hydrogen-bond donors (Lipinski definition) is 0. The molecule has 158 valence electrons. The van der Waals surface area contributed by atoms with Gasteiger partial charge in [-0.3, -0.25) is 0 Å². The van der Waals surface area contributed by atoms with E-state index in [1.807, 2.05) is 66.2 Å². The molecule has 0 N–H and O–H groups in total. The summed E-state index contributed by atoms with van der Waals surface area (Å²) >= 11 is 0. The smallest absolute Gasteiger partial charge is 0.226 e. The van der Waals surface area contributed by atoms with Gasteiger partial charge < -0.3 is 13.7 Å². The largest absolute Gasteiger partial charge is 0.457 e. The first-order valence-electron chi connectivity index (χ1n) is 10.2. The van der Waals surface area contributed by atoms with E-state index < -0.39 is 0 Å². The van der Waals surface area contributed by atoms with Crippen LogP contribution in [-0.4, -0.2) is 14.5 Å². The van der Waals surface area contributed by atoms with Crippen molar-refractivity contribution in [3.05, 3.63) is 114 Å². The summed E-state index contributed by atoms with van der Waals surface area (Å²) in [6, 6.07) is 21.7. The highest BCUT2D eigenvalue weighted by Crippen LogP contribution is 2.26. The molecule has 0 amide bonds. The Hall–Kier alpha value is -4.19. The maximum absolute atomic E-state index is 13.0. The fraction of sp³-hybridized carbons (Fsp3) is 0.0769. The van der Waals surface area contributed by atoms with Crippen LogP contribution in [0.3, 0.4) is 0 Å². The van der Waals surface area contributed by atoms with Crippen molar-refractivity contribution in [1.82, 2.24) is 14.5 Å². The molecule has 0 spiro atoms. The van der Waals surface area contributed by atoms with Crippen LogP contribution in [0.2, 0.25) is 0 Å². The molecule has 6 heteroatoms. The Balaban J connectivity index is 1.28. The third kappa shape index (κ3) is 4.30. The van der Waals surface area contributed by atoms with E-state index in [0.29, 0.717) is 23.8 Å². The second-order valence-corrected chi connectivity index (χ2v) is 7.42. The first kappa shape index (κ1) is 19.8. The molecule has 5 aromatic rings. The van der Waals surface area contributed by atoms with Gasteiger partial charge in [0.1, 0.15) is 23.1 Å². The van der Waals surface area contributed by atoms with E-state index in [-0.39, 0.29) is 5.82 Å². The van der Waals surface area contributed by atoms with E-state index in [1.165, 1.54) is 12.1 Å². The van der Waals surface area contributed by atoms with Crippen molar-refractivity contribution in [2.45, 2.75) is 13.3 Å². The molecule has 0 aliphatic carbocycles. The van der Waals surface area contributed by atoms with Crippen LogP contribution in [0.5, 0.6) is 11.5 Å². The predicted molar refractivity (Wildman–Crippen MR) is 120 cm³/mol. The van der Waals surface area contributed by atoms with Crippen molar-refractivity contribution in [1.29, 1.82) is 0 Å². The average molecular weight is 425 g/mol. The molecule has 0 fully saturated rings. The Labute approximate surface area is 184 Å². The highest BCUT2D eigenvalue weighted by molar-refractivity contribution is 5.56. The maximum atomic E-state index is 13.0. The Morgan fingerprint density at radius 3 is 2.25 bits per heavy atom. The molecule has 2 aromatic heterocycles. The number of hydrogen-bond acceptors (Lipinski definition) is 4. The summed E-state index contributed by atoms with van der Waals surface area (Å²) in [6.45, 7) is 1.93. The minimum absolute atomic E-state index is 0.288. The van der Waals surface area contributed by atoms with Crippen molar-refractivity contribution < 1.29 is 13.5 Å². The highest BCUT2D eigenvalue weighted by atomic mass is 19.1. The lowest BCUT2D eigenvalue weighted by molar-refractivity contribution is 0.480. The van der Waals surface area contributed by atoms with Crippen LogP contribution in [0.25, 0.3) is 17.1 Å². The van der Waals surface area contributed by atoms with Crippen molar-refractivity contribution in [2.24, 2.45) is 0 Å². The molecule has 32 heavy (non-hydrogen) atoms. The SMILES string of the molecule is Cc1oc(-c2ccc(-n3ccnc3)cc2)nc1Cc1ccc(Oc2ccc(F)cc2)cc1. The lowest BCUT2D eigenvalue weighted by Crippen LogP contribution is -1.92. The number of aryl methyl sites for hydroxylation is 1. The molecular formula is C26H20FN3O2. The fourth-order valence-corrected chi connectivity index (χ4v) is 3.41. The van der Waals surface area contributed by atoms with Crippen LogP contribution in [0, 0.1) is 12.7 Å². The molecule has 2 heterocycles. The van der Waals surface area contributed by atoms with Gasteiger partial charge in [0.2, 0.25) is 5.89 Å². The van der Waals surface area contributed by atoms with Gasteiger partial charge in [0.25, 0.3) is 0 Å². The van der Waals surface area contributed by atoms with E-state index in [0.717, 1.165) is 28.3 Å². The molecule has 0 saturated carbocycles. The third-order valence-electron chi connectivity index (χ3n) is 5.15. The maximum Gasteiger partial charge on any atom is 0.226 e. The van der Waals surface area contributed by atoms with Gasteiger partial charge in [-0.25, -0.2) is 14.4 Å². The van der Waals surface area contributed by atoms with Gasteiger partial charge in [-0.15, -0.1) is 0 Å². The van der Waals surface area contributed by atoms with E-state index >= 15 is 0 Å². The lowest BCUT2D eigenvalue weighted by Gasteiger charge is -2.06. The summed E-state index contributed by atoms with van der Waals surface area (Å²) in [4.78, 5) is 8.79. The first-order chi connectivity index (χ1) is 15.6. The van der Waals surface area contributed by atoms with Crippen molar-refractivity contribution in [3.8, 4) is 28.6 Å². The summed E-state index contributed by atoms with van der Waals surface area (Å²) in [5, 5.41) is 0. The summed E-state index contributed by atoms with van der Waals surface area (Å²) in [6.07, 6.45) is 6.06. The van der Waals surface area contributed by atoms with Crippen LogP contribution in [0.4, 0.5) is 4.39 Å². The van der Waals surface area contributed by atoms with Crippen molar-refractivity contribution in [2.75, 3.05) is 0 Å². The molecule has 0 aliphatic heterocycles. The third-order valence-corrected chi connectivity index (χ3v) is 5.15. The zero-order valence-corrected chi connectivity index (χ0v) is 17.4. The first-order valence-corrected chi connectivity index (χ1v) is 10.2. The number of ether oxygens (including phenoxy) is 1. The Kier molecular flexibility index (Phi) is 5.25. The van der Waals surface area contributed by atoms with Crippen molar-refractivity contribution >= 4 is 0 Å². The molecule has 0 aliphatic rings. The second kappa shape index (κ2) is 8.51. The Morgan fingerprint density at radius 1 is 0.906 bits per heavy atom. The van der Waals surface area contributed by atoms with Gasteiger partial charge >= 0.3 is 0 Å². The van der Waals surface area contributed by atoms with Crippen LogP contribution >= 0.6 is 0 Å². The minimum Gasteiger partial charge on any atom is -0.457 e. The predicted octanol–water partition coefficient (Wildman–Crippen LogP) is 6.36. The fourth-order valence-electron chi connectivity index (χ4n) is 3.41. The molecule has 0 saturated heterocycles. The van der Waals surface area contributed by atoms with Gasteiger partial charge in [0.05, 0.1) is 12.0 Å². The van der Waals surface area contributed by atoms with Crippen LogP contribution in [0.1, 0.15) is 17.0 Å². The number of oxazole rings is 1. The zero-order chi connectivity index (χ0) is 21.9. The summed E-state index contributed by atoms with van der Waals surface area (Å²) in [7, 11) is 0. The topological polar surface area (TPSA) is 53.1 Å². The van der Waals surface area contributed by atoms with Crippen LogP contribution in [-0.2, 0) is 6.42 Å². The molecular weight excluding hydrogens is 405 g/mol. The molecule has 3 aromatic carbocycles. The van der Waals surface area contributed by atoms with Crippen LogP contribution in [0.15, 0.2) is 95.9 Å². The van der Waals surface area contributed by atoms with E-state index in [9.17, 15) is 4.39 Å². The van der Waals surface area contributed by atoms with Gasteiger partial charge in [-0.1, -0.05) is 12.1 Å². The van der Waals surface area contributed by atoms with E-state index in [1.54, 1.807) is 24.7 Å². The number of aromatic nitrogens is 3. The summed E-state index contributed by atoms with van der Waals surface area (Å²) in [5.41, 5.74) is 3.93. The van der Waals surface area contributed by atoms with Gasteiger partial charge in [-0.2, -0.15) is 0 Å². The Morgan fingerprint density at radius 2 is 1.59 bits per heavy atom. The van der Waals surface area contributed by atoms with Gasteiger partial charge in [0, 0.05) is 30.1 Å². The summed E-state index contributed by atoms with van der Waals surface area (Å²) < 4.78 is 26.7. The van der Waals surface area contributed by atoms with E-state index in [2.05, 4.69) is 4.98 Å². The monoisotopic (exact) mass is 425 g/mol. The molecule has 0 radical (unpaired) electrons. The zero-order valence-electron chi connectivity index (χ0n) is 17.4. The van der Waals surface area contributed by atoms with Gasteiger partial charge in [0.15, 0.2) is 0 Å². The molecule has 0 atom stereocenters. The average Bonchev–Trinajstić information content (AvgIpc) is 3.47. The Bertz CT molecular complexity index is 1310. The minimum atomic E-state index is -0.288. The number of rotatable bonds is 6. The second-order valence-electron chi connectivity index (χ2n) is 7.42. The number of imidazole rings is 1. The molecule has 5 nitrogen and oxygen atoms in total. The lowest BCUT2D eigenvalue weighted by atomic mass is 10.1. The van der Waals surface area contributed by atoms with Gasteiger partial charge in [-0.05, 0) is 73.2 Å². The number of benzene rings is 3. The normalized spacial score (nSPS) is 10.9. The molecule has 0 bridgehead atoms. The van der Waals surface area contributed by atoms with Crippen LogP contribution < -0.4 is 4.74 Å². The number of nitrogens with zero attached hydrogens (tertiary/aromatic N) is 3. The molecule has 5 rings (SSSR count). The highest BCUT2D eigenvalue weighted by Gasteiger charge is 2.12. The van der Waals surface area contributed by atoms with Crippen molar-refractivity contribution in [3.63, 3.8) is 0 Å².